The molecule has 0 amide bonds. The minimum absolute atomic E-state index is 0.0479. The number of phosphoric acid groups is 2. The van der Waals surface area contributed by atoms with Crippen LogP contribution < -0.4 is 0 Å². The van der Waals surface area contributed by atoms with Gasteiger partial charge in [-0.1, -0.05) is 129 Å². The molecule has 56 heavy (non-hydrogen) atoms. The monoisotopic (exact) mass is 866 g/mol. The predicted octanol–water partition coefficient (Wildman–Crippen LogP) is 6.19. The molecule has 0 bridgehead atoms. The summed E-state index contributed by atoms with van der Waals surface area (Å²) >= 11 is 4.22. The molecule has 0 aliphatic heterocycles. The first-order valence-corrected chi connectivity index (χ1v) is 24.4. The van der Waals surface area contributed by atoms with E-state index in [0.717, 1.165) is 63.5 Å². The summed E-state index contributed by atoms with van der Waals surface area (Å²) in [5.74, 6) is -0.307. The van der Waals surface area contributed by atoms with Gasteiger partial charge in [0.1, 0.15) is 43.2 Å². The van der Waals surface area contributed by atoms with E-state index in [1.54, 1.807) is 0 Å². The van der Waals surface area contributed by atoms with Gasteiger partial charge in [0.15, 0.2) is 6.10 Å². The maximum atomic E-state index is 12.9. The number of phosphoric ester groups is 2. The lowest BCUT2D eigenvalue weighted by atomic mass is 9.85. The Bertz CT molecular complexity index is 1130. The van der Waals surface area contributed by atoms with Gasteiger partial charge in [0, 0.05) is 12.8 Å². The molecular weight excluding hydrogens is 794 g/mol. The van der Waals surface area contributed by atoms with Gasteiger partial charge in [0.05, 0.1) is 6.61 Å². The quantitative estimate of drug-likeness (QED) is 0.0153. The average Bonchev–Trinajstić information content (AvgIpc) is 3.14. The minimum atomic E-state index is -5.35. The van der Waals surface area contributed by atoms with Crippen LogP contribution in [0.1, 0.15) is 161 Å². The molecule has 0 aromatic rings. The number of hydrogen-bond acceptors (Lipinski definition) is 14. The average molecular weight is 867 g/mol. The number of esters is 2. The normalized spacial score (nSPS) is 23.1. The fourth-order valence-electron chi connectivity index (χ4n) is 6.48. The largest absolute Gasteiger partial charge is 0.472 e. The van der Waals surface area contributed by atoms with Crippen LogP contribution in [0.25, 0.3) is 0 Å². The molecule has 8 atom stereocenters. The first-order valence-electron chi connectivity index (χ1n) is 20.7. The number of hydrogen-bond donors (Lipinski definition) is 8. The van der Waals surface area contributed by atoms with Gasteiger partial charge in [-0.15, -0.1) is 0 Å². The molecule has 0 aromatic carbocycles. The molecule has 1 aliphatic carbocycles. The van der Waals surface area contributed by atoms with Crippen molar-refractivity contribution in [1.29, 1.82) is 0 Å². The molecule has 1 rings (SSSR count). The van der Waals surface area contributed by atoms with E-state index in [0.29, 0.717) is 12.8 Å². The Morgan fingerprint density at radius 3 is 1.41 bits per heavy atom. The fraction of sp³-hybridized carbons (Fsp3) is 0.946. The molecule has 332 valence electrons. The lowest BCUT2D eigenvalue weighted by Crippen LogP contribution is -2.64. The third kappa shape index (κ3) is 25.8. The second-order valence-electron chi connectivity index (χ2n) is 14.8. The molecule has 0 radical (unpaired) electrons. The summed E-state index contributed by atoms with van der Waals surface area (Å²) in [7, 11) is -10.6. The summed E-state index contributed by atoms with van der Waals surface area (Å²) in [6.07, 6.45) is 9.28. The van der Waals surface area contributed by atoms with Crippen molar-refractivity contribution in [2.75, 3.05) is 19.0 Å². The lowest BCUT2D eigenvalue weighted by molar-refractivity contribution is -0.216. The van der Waals surface area contributed by atoms with Crippen molar-refractivity contribution in [2.24, 2.45) is 0 Å². The number of rotatable bonds is 35. The second kappa shape index (κ2) is 31.3. The second-order valence-corrected chi connectivity index (χ2v) is 17.8. The van der Waals surface area contributed by atoms with Crippen LogP contribution in [0.4, 0.5) is 0 Å². The summed E-state index contributed by atoms with van der Waals surface area (Å²) in [5.41, 5.74) is 0. The van der Waals surface area contributed by atoms with Gasteiger partial charge >= 0.3 is 27.6 Å². The molecule has 0 saturated heterocycles. The molecule has 0 aromatic heterocycles. The molecule has 1 fully saturated rings. The fourth-order valence-corrected chi connectivity index (χ4v) is 8.24. The van der Waals surface area contributed by atoms with Crippen LogP contribution >= 0.6 is 28.3 Å². The highest BCUT2D eigenvalue weighted by Gasteiger charge is 2.54. The summed E-state index contributed by atoms with van der Waals surface area (Å²) in [6, 6.07) is 0. The van der Waals surface area contributed by atoms with Crippen LogP contribution in [0.15, 0.2) is 0 Å². The Labute approximate surface area is 339 Å². The molecule has 19 heteroatoms. The van der Waals surface area contributed by atoms with Crippen LogP contribution in [0, 0.1) is 0 Å². The Morgan fingerprint density at radius 2 is 0.964 bits per heavy atom. The van der Waals surface area contributed by atoms with Gasteiger partial charge in [0.2, 0.25) is 0 Å². The minimum Gasteiger partial charge on any atom is -0.462 e. The SMILES string of the molecule is CCCCCCCCCCCCCCCC(=O)O[C@H](COC(=O)CCCCCCCCCCCS)COP(=O)(O)OC1C(O)[C@H](OP(=O)(O)O)C(O)[C@H](O)[C@@H]1O. The van der Waals surface area contributed by atoms with Crippen molar-refractivity contribution in [3.8, 4) is 0 Å². The van der Waals surface area contributed by atoms with Crippen molar-refractivity contribution in [2.45, 2.75) is 204 Å². The molecule has 0 heterocycles. The van der Waals surface area contributed by atoms with Crippen molar-refractivity contribution in [1.82, 2.24) is 0 Å². The number of aliphatic hydroxyl groups is 4. The molecule has 4 unspecified atom stereocenters. The van der Waals surface area contributed by atoms with Crippen molar-refractivity contribution in [3.63, 3.8) is 0 Å². The number of thiol groups is 1. The molecule has 1 saturated carbocycles. The topological polar surface area (TPSA) is 256 Å². The van der Waals surface area contributed by atoms with E-state index < -0.39 is 83.5 Å². The summed E-state index contributed by atoms with van der Waals surface area (Å²) < 4.78 is 49.1. The number of aliphatic hydroxyl groups excluding tert-OH is 4. The third-order valence-corrected chi connectivity index (χ3v) is 11.6. The number of carbonyl (C=O) groups excluding carboxylic acids is 2. The predicted molar refractivity (Wildman–Crippen MR) is 213 cm³/mol. The van der Waals surface area contributed by atoms with Crippen LogP contribution in [0.2, 0.25) is 0 Å². The van der Waals surface area contributed by atoms with Crippen molar-refractivity contribution in [3.05, 3.63) is 0 Å². The summed E-state index contributed by atoms with van der Waals surface area (Å²) in [4.78, 5) is 53.9. The first-order chi connectivity index (χ1) is 26.6. The van der Waals surface area contributed by atoms with E-state index in [2.05, 4.69) is 24.1 Å². The van der Waals surface area contributed by atoms with E-state index in [9.17, 15) is 44.0 Å². The smallest absolute Gasteiger partial charge is 0.462 e. The first kappa shape index (κ1) is 53.4. The van der Waals surface area contributed by atoms with Gasteiger partial charge in [0.25, 0.3) is 0 Å². The molecule has 16 nitrogen and oxygen atoms in total. The molecule has 7 N–H and O–H groups in total. The van der Waals surface area contributed by atoms with Gasteiger partial charge in [-0.25, -0.2) is 9.13 Å². The van der Waals surface area contributed by atoms with Gasteiger partial charge < -0.3 is 44.6 Å². The van der Waals surface area contributed by atoms with E-state index >= 15 is 0 Å². The van der Waals surface area contributed by atoms with E-state index in [1.807, 2.05) is 0 Å². The zero-order chi connectivity index (χ0) is 41.8. The van der Waals surface area contributed by atoms with Crippen molar-refractivity contribution < 1.29 is 76.9 Å². The Hall–Kier alpha value is -0.650. The highest BCUT2D eigenvalue weighted by atomic mass is 32.1. The Balaban J connectivity index is 2.65. The number of ether oxygens (including phenoxy) is 2. The van der Waals surface area contributed by atoms with Crippen LogP contribution in [0.5, 0.6) is 0 Å². The number of unbranched alkanes of at least 4 members (excludes halogenated alkanes) is 20. The summed E-state index contributed by atoms with van der Waals surface area (Å²) in [5, 5.41) is 41.0. The maximum Gasteiger partial charge on any atom is 0.472 e. The third-order valence-electron chi connectivity index (χ3n) is 9.74. The van der Waals surface area contributed by atoms with Gasteiger partial charge in [-0.05, 0) is 25.0 Å². The molecule has 0 spiro atoms. The van der Waals surface area contributed by atoms with Gasteiger partial charge in [-0.2, -0.15) is 12.6 Å². The molecular formula is C37H72O16P2S. The molecule has 1 aliphatic rings. The highest BCUT2D eigenvalue weighted by molar-refractivity contribution is 7.80. The van der Waals surface area contributed by atoms with Crippen LogP contribution in [0.3, 0.4) is 0 Å². The van der Waals surface area contributed by atoms with Crippen molar-refractivity contribution >= 4 is 40.2 Å². The summed E-state index contributed by atoms with van der Waals surface area (Å²) in [6.45, 7) is 0.876. The van der Waals surface area contributed by atoms with E-state index in [4.69, 9.17) is 28.3 Å². The standard InChI is InChI=1S/C37H72O16P2S/c1-2-3-4-5-6-7-8-9-10-12-16-19-22-25-31(39)51-29(27-49-30(38)24-21-18-15-13-11-14-17-20-23-26-56)28-50-55(47,48)53-37-34(42)32(40)33(41)36(35(37)43)52-54(44,45)46/h29,32-37,40-43,56H,2-28H2,1H3,(H,47,48)(H2,44,45,46)/t29-,32+,33?,34+,35?,36-,37?/m1/s1. The van der Waals surface area contributed by atoms with Crippen LogP contribution in [-0.4, -0.2) is 109 Å². The zero-order valence-electron chi connectivity index (χ0n) is 33.3. The number of carbonyl (C=O) groups is 2. The lowest BCUT2D eigenvalue weighted by Gasteiger charge is -2.43. The highest BCUT2D eigenvalue weighted by Crippen LogP contribution is 2.49. The Kier molecular flexibility index (Phi) is 29.8. The van der Waals surface area contributed by atoms with Gasteiger partial charge in [-0.3, -0.25) is 23.2 Å². The van der Waals surface area contributed by atoms with E-state index in [-0.39, 0.29) is 12.8 Å². The zero-order valence-corrected chi connectivity index (χ0v) is 36.0. The van der Waals surface area contributed by atoms with Crippen LogP contribution in [-0.2, 0) is 41.8 Å². The van der Waals surface area contributed by atoms with E-state index in [1.165, 1.54) is 70.6 Å². The Morgan fingerprint density at radius 1 is 0.554 bits per heavy atom. The maximum absolute atomic E-state index is 12.9.